The van der Waals surface area contributed by atoms with Gasteiger partial charge in [0.1, 0.15) is 0 Å². The molecule has 3 rings (SSSR count). The molecule has 120 valence electrons. The molecule has 0 spiro atoms. The number of rotatable bonds is 3. The molecule has 0 bridgehead atoms. The maximum absolute atomic E-state index is 12.7. The van der Waals surface area contributed by atoms with Gasteiger partial charge in [-0.1, -0.05) is 6.07 Å². The smallest absolute Gasteiger partial charge is 0.254 e. The lowest BCUT2D eigenvalue weighted by atomic mass is 10.1. The predicted octanol–water partition coefficient (Wildman–Crippen LogP) is 1.71. The second-order valence-electron chi connectivity index (χ2n) is 5.48. The SMILES string of the molecule is NS(=O)(=O)c1ccc(C(=O)N2CCC[C@H]2c2ccccn2)cc1. The van der Waals surface area contributed by atoms with Crippen molar-refractivity contribution in [3.05, 3.63) is 59.9 Å². The van der Waals surface area contributed by atoms with Crippen LogP contribution in [-0.2, 0) is 10.0 Å². The lowest BCUT2D eigenvalue weighted by Crippen LogP contribution is -2.31. The number of aromatic nitrogens is 1. The molecule has 0 saturated carbocycles. The Balaban J connectivity index is 1.85. The second kappa shape index (κ2) is 6.10. The van der Waals surface area contributed by atoms with Crippen molar-refractivity contribution in [1.29, 1.82) is 0 Å². The van der Waals surface area contributed by atoms with Crippen molar-refractivity contribution < 1.29 is 13.2 Å². The summed E-state index contributed by atoms with van der Waals surface area (Å²) in [6.07, 6.45) is 3.51. The van der Waals surface area contributed by atoms with Gasteiger partial charge in [-0.15, -0.1) is 0 Å². The molecule has 0 unspecified atom stereocenters. The molecule has 0 aliphatic carbocycles. The molecule has 0 radical (unpaired) electrons. The first-order valence-corrected chi connectivity index (χ1v) is 8.86. The highest BCUT2D eigenvalue weighted by Gasteiger charge is 2.31. The fourth-order valence-corrected chi connectivity index (χ4v) is 3.36. The van der Waals surface area contributed by atoms with Gasteiger partial charge < -0.3 is 4.90 Å². The number of carbonyl (C=O) groups is 1. The topological polar surface area (TPSA) is 93.4 Å². The van der Waals surface area contributed by atoms with E-state index in [-0.39, 0.29) is 16.8 Å². The summed E-state index contributed by atoms with van der Waals surface area (Å²) in [5.74, 6) is -0.126. The van der Waals surface area contributed by atoms with Gasteiger partial charge >= 0.3 is 0 Å². The van der Waals surface area contributed by atoms with Crippen LogP contribution >= 0.6 is 0 Å². The van der Waals surface area contributed by atoms with E-state index in [4.69, 9.17) is 5.14 Å². The minimum Gasteiger partial charge on any atom is -0.330 e. The van der Waals surface area contributed by atoms with Gasteiger partial charge in [0.2, 0.25) is 10.0 Å². The number of benzene rings is 1. The molecular formula is C16H17N3O3S. The molecule has 1 atom stereocenters. The van der Waals surface area contributed by atoms with Crippen LogP contribution in [0.3, 0.4) is 0 Å². The van der Waals surface area contributed by atoms with Crippen LogP contribution in [0.1, 0.15) is 34.9 Å². The van der Waals surface area contributed by atoms with E-state index in [0.29, 0.717) is 12.1 Å². The average molecular weight is 331 g/mol. The average Bonchev–Trinajstić information content (AvgIpc) is 3.04. The minimum atomic E-state index is -3.75. The number of hydrogen-bond donors (Lipinski definition) is 1. The highest BCUT2D eigenvalue weighted by Crippen LogP contribution is 2.31. The molecule has 23 heavy (non-hydrogen) atoms. The van der Waals surface area contributed by atoms with Crippen LogP contribution in [0.4, 0.5) is 0 Å². The van der Waals surface area contributed by atoms with Gasteiger partial charge in [-0.25, -0.2) is 13.6 Å². The summed E-state index contributed by atoms with van der Waals surface area (Å²) in [5.41, 5.74) is 1.32. The van der Waals surface area contributed by atoms with Crippen LogP contribution < -0.4 is 5.14 Å². The zero-order chi connectivity index (χ0) is 16.4. The molecule has 1 fully saturated rings. The largest absolute Gasteiger partial charge is 0.330 e. The van der Waals surface area contributed by atoms with Crippen LogP contribution in [0.15, 0.2) is 53.6 Å². The molecular weight excluding hydrogens is 314 g/mol. The molecule has 1 aliphatic heterocycles. The molecule has 2 N–H and O–H groups in total. The third-order valence-electron chi connectivity index (χ3n) is 3.97. The van der Waals surface area contributed by atoms with Crippen molar-refractivity contribution in [1.82, 2.24) is 9.88 Å². The highest BCUT2D eigenvalue weighted by atomic mass is 32.2. The second-order valence-corrected chi connectivity index (χ2v) is 7.04. The van der Waals surface area contributed by atoms with Crippen molar-refractivity contribution in [2.75, 3.05) is 6.54 Å². The van der Waals surface area contributed by atoms with Crippen molar-refractivity contribution in [3.63, 3.8) is 0 Å². The monoisotopic (exact) mass is 331 g/mol. The Morgan fingerprint density at radius 3 is 2.52 bits per heavy atom. The van der Waals surface area contributed by atoms with Crippen LogP contribution in [0.2, 0.25) is 0 Å². The summed E-state index contributed by atoms with van der Waals surface area (Å²) < 4.78 is 22.6. The number of sulfonamides is 1. The number of likely N-dealkylation sites (tertiary alicyclic amines) is 1. The Morgan fingerprint density at radius 2 is 1.91 bits per heavy atom. The number of nitrogens with zero attached hydrogens (tertiary/aromatic N) is 2. The quantitative estimate of drug-likeness (QED) is 0.926. The Kier molecular flexibility index (Phi) is 4.14. The van der Waals surface area contributed by atoms with Gasteiger partial charge in [-0.2, -0.15) is 0 Å². The van der Waals surface area contributed by atoms with E-state index in [2.05, 4.69) is 4.98 Å². The van der Waals surface area contributed by atoms with Crippen LogP contribution in [-0.4, -0.2) is 30.8 Å². The van der Waals surface area contributed by atoms with E-state index < -0.39 is 10.0 Å². The van der Waals surface area contributed by atoms with Crippen molar-refractivity contribution in [2.45, 2.75) is 23.8 Å². The molecule has 1 saturated heterocycles. The van der Waals surface area contributed by atoms with E-state index in [1.807, 2.05) is 18.2 Å². The fourth-order valence-electron chi connectivity index (χ4n) is 2.84. The first-order valence-electron chi connectivity index (χ1n) is 7.31. The fraction of sp³-hybridized carbons (Fsp3) is 0.250. The van der Waals surface area contributed by atoms with E-state index in [0.717, 1.165) is 18.5 Å². The maximum Gasteiger partial charge on any atom is 0.254 e. The molecule has 6 nitrogen and oxygen atoms in total. The van der Waals surface area contributed by atoms with Gasteiger partial charge in [0.25, 0.3) is 5.91 Å². The summed E-state index contributed by atoms with van der Waals surface area (Å²) in [6, 6.07) is 11.3. The van der Waals surface area contributed by atoms with E-state index in [1.165, 1.54) is 24.3 Å². The Bertz CT molecular complexity index is 804. The zero-order valence-electron chi connectivity index (χ0n) is 12.4. The van der Waals surface area contributed by atoms with Crippen LogP contribution in [0.25, 0.3) is 0 Å². The number of carbonyl (C=O) groups excluding carboxylic acids is 1. The van der Waals surface area contributed by atoms with Crippen LogP contribution in [0, 0.1) is 0 Å². The maximum atomic E-state index is 12.7. The Labute approximate surface area is 135 Å². The minimum absolute atomic E-state index is 0.00301. The van der Waals surface area contributed by atoms with Gasteiger partial charge in [0, 0.05) is 18.3 Å². The van der Waals surface area contributed by atoms with Gasteiger partial charge in [0.15, 0.2) is 0 Å². The van der Waals surface area contributed by atoms with Crippen molar-refractivity contribution in [2.24, 2.45) is 5.14 Å². The number of pyridine rings is 1. The Hall–Kier alpha value is -2.25. The molecule has 1 aromatic heterocycles. The zero-order valence-corrected chi connectivity index (χ0v) is 13.2. The molecule has 1 aliphatic rings. The van der Waals surface area contributed by atoms with Gasteiger partial charge in [0.05, 0.1) is 16.6 Å². The third kappa shape index (κ3) is 3.25. The highest BCUT2D eigenvalue weighted by molar-refractivity contribution is 7.89. The van der Waals surface area contributed by atoms with Gasteiger partial charge in [-0.3, -0.25) is 9.78 Å². The summed E-state index contributed by atoms with van der Waals surface area (Å²) in [7, 11) is -3.75. The molecule has 1 amide bonds. The number of hydrogen-bond acceptors (Lipinski definition) is 4. The number of primary sulfonamides is 1. The lowest BCUT2D eigenvalue weighted by Gasteiger charge is -2.24. The summed E-state index contributed by atoms with van der Waals surface area (Å²) in [5, 5.41) is 5.07. The van der Waals surface area contributed by atoms with Gasteiger partial charge in [-0.05, 0) is 49.2 Å². The van der Waals surface area contributed by atoms with E-state index in [1.54, 1.807) is 11.1 Å². The van der Waals surface area contributed by atoms with E-state index >= 15 is 0 Å². The van der Waals surface area contributed by atoms with Crippen molar-refractivity contribution in [3.8, 4) is 0 Å². The molecule has 2 heterocycles. The molecule has 7 heteroatoms. The lowest BCUT2D eigenvalue weighted by molar-refractivity contribution is 0.0733. The Morgan fingerprint density at radius 1 is 1.17 bits per heavy atom. The van der Waals surface area contributed by atoms with Crippen LogP contribution in [0.5, 0.6) is 0 Å². The predicted molar refractivity (Wildman–Crippen MR) is 85.1 cm³/mol. The standard InChI is InChI=1S/C16H17N3O3S/c17-23(21,22)13-8-6-12(7-9-13)16(20)19-11-3-5-15(19)14-4-1-2-10-18-14/h1-2,4,6-10,15H,3,5,11H2,(H2,17,21,22)/t15-/m0/s1. The van der Waals surface area contributed by atoms with Crippen molar-refractivity contribution >= 4 is 15.9 Å². The number of amides is 1. The summed E-state index contributed by atoms with van der Waals surface area (Å²) >= 11 is 0. The van der Waals surface area contributed by atoms with E-state index in [9.17, 15) is 13.2 Å². The summed E-state index contributed by atoms with van der Waals surface area (Å²) in [4.78, 5) is 18.8. The first kappa shape index (κ1) is 15.6. The molecule has 1 aromatic carbocycles. The molecule has 2 aromatic rings. The number of nitrogens with two attached hydrogens (primary N) is 1. The summed E-state index contributed by atoms with van der Waals surface area (Å²) in [6.45, 7) is 0.664. The first-order chi connectivity index (χ1) is 11.0. The third-order valence-corrected chi connectivity index (χ3v) is 4.90. The normalized spacial score (nSPS) is 18.1.